The van der Waals surface area contributed by atoms with Gasteiger partial charge in [0.1, 0.15) is 0 Å². The van der Waals surface area contributed by atoms with Crippen molar-refractivity contribution in [3.63, 3.8) is 0 Å². The van der Waals surface area contributed by atoms with E-state index in [-0.39, 0.29) is 0 Å². The van der Waals surface area contributed by atoms with Crippen LogP contribution in [0.2, 0.25) is 0 Å². The highest BCUT2D eigenvalue weighted by Gasteiger charge is 2.06. The molecule has 0 atom stereocenters. The molecule has 0 radical (unpaired) electrons. The van der Waals surface area contributed by atoms with Crippen LogP contribution in [0, 0.1) is 5.92 Å². The van der Waals surface area contributed by atoms with E-state index in [0.29, 0.717) is 24.8 Å². The van der Waals surface area contributed by atoms with Crippen molar-refractivity contribution in [3.8, 4) is 0 Å². The summed E-state index contributed by atoms with van der Waals surface area (Å²) >= 11 is 0. The predicted octanol–water partition coefficient (Wildman–Crippen LogP) is 1.74. The van der Waals surface area contributed by atoms with Gasteiger partial charge in [0.15, 0.2) is 0 Å². The summed E-state index contributed by atoms with van der Waals surface area (Å²) in [6, 6.07) is 0. The smallest absolute Gasteiger partial charge is 0.433 e. The predicted molar refractivity (Wildman–Crippen MR) is 54.1 cm³/mol. The molecule has 0 rings (SSSR count). The second kappa shape index (κ2) is 7.17. The molecule has 0 aromatic heterocycles. The van der Waals surface area contributed by atoms with Gasteiger partial charge in [0.25, 0.3) is 0 Å². The lowest BCUT2D eigenvalue weighted by Crippen LogP contribution is -2.18. The number of amides is 1. The zero-order chi connectivity index (χ0) is 11.0. The van der Waals surface area contributed by atoms with Crippen LogP contribution in [0.3, 0.4) is 0 Å². The van der Waals surface area contributed by atoms with Gasteiger partial charge in [0.2, 0.25) is 5.90 Å². The monoisotopic (exact) mass is 202 g/mol. The van der Waals surface area contributed by atoms with Crippen molar-refractivity contribution in [1.29, 1.82) is 0 Å². The summed E-state index contributed by atoms with van der Waals surface area (Å²) in [5, 5.41) is 5.90. The van der Waals surface area contributed by atoms with Crippen LogP contribution in [0.15, 0.2) is 5.16 Å². The maximum atomic E-state index is 10.7. The van der Waals surface area contributed by atoms with Gasteiger partial charge in [0, 0.05) is 13.5 Å². The minimum atomic E-state index is -0.592. The van der Waals surface area contributed by atoms with Crippen LogP contribution < -0.4 is 5.32 Å². The lowest BCUT2D eigenvalue weighted by Gasteiger charge is -2.08. The molecule has 0 fully saturated rings. The van der Waals surface area contributed by atoms with Crippen LogP contribution >= 0.6 is 0 Å². The van der Waals surface area contributed by atoms with E-state index in [2.05, 4.69) is 15.3 Å². The van der Waals surface area contributed by atoms with Crippen LogP contribution in [-0.2, 0) is 9.57 Å². The van der Waals surface area contributed by atoms with Gasteiger partial charge in [-0.15, -0.1) is 0 Å². The van der Waals surface area contributed by atoms with Crippen molar-refractivity contribution >= 4 is 12.0 Å². The molecular weight excluding hydrogens is 184 g/mol. The van der Waals surface area contributed by atoms with Gasteiger partial charge < -0.3 is 10.1 Å². The van der Waals surface area contributed by atoms with Crippen molar-refractivity contribution in [1.82, 2.24) is 5.32 Å². The molecule has 0 saturated carbocycles. The Morgan fingerprint density at radius 2 is 2.14 bits per heavy atom. The summed E-state index contributed by atoms with van der Waals surface area (Å²) in [4.78, 5) is 15.2. The van der Waals surface area contributed by atoms with E-state index in [4.69, 9.17) is 4.74 Å². The molecule has 14 heavy (non-hydrogen) atoms. The number of carbonyl (C=O) groups is 1. The third-order valence-corrected chi connectivity index (χ3v) is 1.33. The Kier molecular flexibility index (Phi) is 6.53. The number of carbonyl (C=O) groups excluding carboxylic acids is 1. The van der Waals surface area contributed by atoms with E-state index in [1.807, 2.05) is 20.8 Å². The number of hydrogen-bond donors (Lipinski definition) is 1. The van der Waals surface area contributed by atoms with Gasteiger partial charge in [-0.25, -0.2) is 4.79 Å². The van der Waals surface area contributed by atoms with Crippen molar-refractivity contribution in [2.75, 3.05) is 13.7 Å². The molecule has 0 bridgehead atoms. The van der Waals surface area contributed by atoms with Crippen molar-refractivity contribution in [2.24, 2.45) is 11.1 Å². The Morgan fingerprint density at radius 3 is 2.57 bits per heavy atom. The molecule has 0 aromatic rings. The van der Waals surface area contributed by atoms with Gasteiger partial charge in [-0.1, -0.05) is 13.8 Å². The highest BCUT2D eigenvalue weighted by molar-refractivity contribution is 5.77. The van der Waals surface area contributed by atoms with Crippen molar-refractivity contribution in [2.45, 2.75) is 27.2 Å². The van der Waals surface area contributed by atoms with E-state index in [1.165, 1.54) is 7.05 Å². The molecule has 1 amide bonds. The average Bonchev–Trinajstić information content (AvgIpc) is 2.13. The SMILES string of the molecule is CCOC(CC(C)C)=NOC(=O)NC. The highest BCUT2D eigenvalue weighted by atomic mass is 16.7. The number of ether oxygens (including phenoxy) is 1. The van der Waals surface area contributed by atoms with Crippen LogP contribution in [0.1, 0.15) is 27.2 Å². The standard InChI is InChI=1S/C9H18N2O3/c1-5-13-8(6-7(2)3)11-14-9(12)10-4/h7H,5-6H2,1-4H3,(H,10,12). The first-order valence-electron chi connectivity index (χ1n) is 4.68. The Bertz CT molecular complexity index is 202. The van der Waals surface area contributed by atoms with Crippen LogP contribution in [0.4, 0.5) is 4.79 Å². The number of nitrogens with zero attached hydrogens (tertiary/aromatic N) is 1. The van der Waals surface area contributed by atoms with E-state index >= 15 is 0 Å². The van der Waals surface area contributed by atoms with Crippen molar-refractivity contribution in [3.05, 3.63) is 0 Å². The lowest BCUT2D eigenvalue weighted by atomic mass is 10.1. The average molecular weight is 202 g/mol. The number of rotatable bonds is 4. The Labute approximate surface area is 84.4 Å². The molecule has 5 nitrogen and oxygen atoms in total. The quantitative estimate of drug-likeness (QED) is 0.327. The van der Waals surface area contributed by atoms with E-state index in [1.54, 1.807) is 0 Å². The molecular formula is C9H18N2O3. The molecule has 0 saturated heterocycles. The summed E-state index contributed by atoms with van der Waals surface area (Å²) in [6.45, 7) is 6.45. The van der Waals surface area contributed by atoms with Crippen LogP contribution in [0.25, 0.3) is 0 Å². The molecule has 0 aliphatic rings. The Morgan fingerprint density at radius 1 is 1.50 bits per heavy atom. The summed E-state index contributed by atoms with van der Waals surface area (Å²) in [5.74, 6) is 0.861. The zero-order valence-electron chi connectivity index (χ0n) is 9.16. The number of hydrogen-bond acceptors (Lipinski definition) is 4. The van der Waals surface area contributed by atoms with Crippen LogP contribution in [0.5, 0.6) is 0 Å². The molecule has 0 spiro atoms. The molecule has 0 aromatic carbocycles. The summed E-state index contributed by atoms with van der Waals surface area (Å²) < 4.78 is 5.19. The number of oxime groups is 1. The third-order valence-electron chi connectivity index (χ3n) is 1.33. The third kappa shape index (κ3) is 6.28. The molecule has 0 aliphatic heterocycles. The molecule has 0 unspecified atom stereocenters. The van der Waals surface area contributed by atoms with E-state index in [9.17, 15) is 4.79 Å². The largest absolute Gasteiger partial charge is 0.479 e. The molecule has 1 N–H and O–H groups in total. The van der Waals surface area contributed by atoms with Gasteiger partial charge >= 0.3 is 6.09 Å². The summed E-state index contributed by atoms with van der Waals surface area (Å²) in [7, 11) is 1.47. The van der Waals surface area contributed by atoms with Gasteiger partial charge in [-0.2, -0.15) is 0 Å². The highest BCUT2D eigenvalue weighted by Crippen LogP contribution is 2.03. The molecule has 5 heteroatoms. The minimum Gasteiger partial charge on any atom is -0.479 e. The fraction of sp³-hybridized carbons (Fsp3) is 0.778. The Balaban J connectivity index is 4.10. The fourth-order valence-corrected chi connectivity index (χ4v) is 0.776. The van der Waals surface area contributed by atoms with Gasteiger partial charge in [-0.05, 0) is 18.0 Å². The second-order valence-corrected chi connectivity index (χ2v) is 3.14. The molecule has 0 heterocycles. The zero-order valence-corrected chi connectivity index (χ0v) is 9.16. The maximum absolute atomic E-state index is 10.7. The van der Waals surface area contributed by atoms with Gasteiger partial charge in [-0.3, -0.25) is 4.84 Å². The normalized spacial score (nSPS) is 11.4. The van der Waals surface area contributed by atoms with E-state index in [0.717, 1.165) is 0 Å². The molecule has 82 valence electrons. The first-order chi connectivity index (χ1) is 6.60. The maximum Gasteiger partial charge on any atom is 0.433 e. The first kappa shape index (κ1) is 12.7. The van der Waals surface area contributed by atoms with Gasteiger partial charge in [0.05, 0.1) is 6.61 Å². The fourth-order valence-electron chi connectivity index (χ4n) is 0.776. The molecule has 0 aliphatic carbocycles. The second-order valence-electron chi connectivity index (χ2n) is 3.14. The van der Waals surface area contributed by atoms with Crippen molar-refractivity contribution < 1.29 is 14.4 Å². The Hall–Kier alpha value is -1.26. The van der Waals surface area contributed by atoms with E-state index < -0.39 is 6.09 Å². The number of nitrogens with one attached hydrogen (secondary N) is 1. The van der Waals surface area contributed by atoms with Crippen LogP contribution in [-0.4, -0.2) is 25.6 Å². The topological polar surface area (TPSA) is 59.9 Å². The summed E-state index contributed by atoms with van der Waals surface area (Å²) in [5.41, 5.74) is 0. The first-order valence-corrected chi connectivity index (χ1v) is 4.68. The lowest BCUT2D eigenvalue weighted by molar-refractivity contribution is 0.146. The summed E-state index contributed by atoms with van der Waals surface area (Å²) in [6.07, 6.45) is 0.0659. The minimum absolute atomic E-state index is 0.411.